The van der Waals surface area contributed by atoms with Crippen molar-refractivity contribution < 1.29 is 13.5 Å². The van der Waals surface area contributed by atoms with Gasteiger partial charge in [0.25, 0.3) is 0 Å². The van der Waals surface area contributed by atoms with Gasteiger partial charge in [0, 0.05) is 12.1 Å². The van der Waals surface area contributed by atoms with Crippen molar-refractivity contribution in [3.63, 3.8) is 0 Å². The third-order valence-electron chi connectivity index (χ3n) is 1.81. The van der Waals surface area contributed by atoms with Crippen LogP contribution in [0.1, 0.15) is 19.8 Å². The Morgan fingerprint density at radius 2 is 2.00 bits per heavy atom. The monoisotopic (exact) mass is 201 g/mol. The molecule has 4 heteroatoms. The smallest absolute Gasteiger partial charge is 0.167 e. The van der Waals surface area contributed by atoms with Gasteiger partial charge in [0.1, 0.15) is 5.82 Å². The van der Waals surface area contributed by atoms with Crippen molar-refractivity contribution in [1.82, 2.24) is 0 Å². The Kier molecular flexibility index (Phi) is 3.68. The Hall–Kier alpha value is -1.32. The molecule has 0 aliphatic rings. The number of hydrogen-bond donors (Lipinski definition) is 1. The molecule has 0 aliphatic heterocycles. The Morgan fingerprint density at radius 3 is 2.64 bits per heavy atom. The predicted molar refractivity (Wildman–Crippen MR) is 51.2 cm³/mol. The van der Waals surface area contributed by atoms with Gasteiger partial charge in [-0.2, -0.15) is 0 Å². The molecule has 0 fully saturated rings. The molecule has 0 atom stereocenters. The number of unbranched alkanes of at least 4 members (excludes halogenated alkanes) is 1. The van der Waals surface area contributed by atoms with Crippen molar-refractivity contribution in [1.29, 1.82) is 0 Å². The third-order valence-corrected chi connectivity index (χ3v) is 1.81. The second kappa shape index (κ2) is 4.79. The summed E-state index contributed by atoms with van der Waals surface area (Å²) in [6.07, 6.45) is 1.75. The normalized spacial score (nSPS) is 10.2. The lowest BCUT2D eigenvalue weighted by Gasteiger charge is -2.07. The van der Waals surface area contributed by atoms with Crippen molar-refractivity contribution in [2.75, 3.05) is 12.3 Å². The van der Waals surface area contributed by atoms with Gasteiger partial charge in [0.15, 0.2) is 11.6 Å². The van der Waals surface area contributed by atoms with E-state index in [2.05, 4.69) is 0 Å². The SMILES string of the molecule is CCCCOc1cc(F)c(N)cc1F. The molecule has 2 N–H and O–H groups in total. The molecular weight excluding hydrogens is 188 g/mol. The molecule has 0 spiro atoms. The molecule has 78 valence electrons. The van der Waals surface area contributed by atoms with Crippen molar-refractivity contribution in [3.8, 4) is 5.75 Å². The lowest BCUT2D eigenvalue weighted by atomic mass is 10.3. The van der Waals surface area contributed by atoms with E-state index in [9.17, 15) is 8.78 Å². The minimum Gasteiger partial charge on any atom is -0.490 e. The number of ether oxygens (including phenoxy) is 1. The summed E-state index contributed by atoms with van der Waals surface area (Å²) < 4.78 is 31.0. The molecule has 0 radical (unpaired) electrons. The first-order valence-electron chi connectivity index (χ1n) is 4.52. The zero-order chi connectivity index (χ0) is 10.6. The first-order chi connectivity index (χ1) is 6.65. The Balaban J connectivity index is 2.72. The van der Waals surface area contributed by atoms with Gasteiger partial charge in [-0.05, 0) is 6.42 Å². The fraction of sp³-hybridized carbons (Fsp3) is 0.400. The van der Waals surface area contributed by atoms with Gasteiger partial charge >= 0.3 is 0 Å². The van der Waals surface area contributed by atoms with Crippen molar-refractivity contribution >= 4 is 5.69 Å². The van der Waals surface area contributed by atoms with Crippen LogP contribution in [0, 0.1) is 11.6 Å². The minimum absolute atomic E-state index is 0.0786. The second-order valence-electron chi connectivity index (χ2n) is 3.01. The first-order valence-corrected chi connectivity index (χ1v) is 4.52. The van der Waals surface area contributed by atoms with Crippen molar-refractivity contribution in [3.05, 3.63) is 23.8 Å². The number of nitrogen functional groups attached to an aromatic ring is 1. The van der Waals surface area contributed by atoms with Gasteiger partial charge < -0.3 is 10.5 Å². The summed E-state index contributed by atoms with van der Waals surface area (Å²) in [7, 11) is 0. The molecule has 1 aromatic carbocycles. The van der Waals surface area contributed by atoms with Gasteiger partial charge in [0.05, 0.1) is 12.3 Å². The Labute approximate surface area is 81.7 Å². The Bertz CT molecular complexity index is 315. The van der Waals surface area contributed by atoms with Crippen molar-refractivity contribution in [2.45, 2.75) is 19.8 Å². The summed E-state index contributed by atoms with van der Waals surface area (Å²) in [4.78, 5) is 0. The van der Waals surface area contributed by atoms with E-state index in [0.29, 0.717) is 6.61 Å². The predicted octanol–water partition coefficient (Wildman–Crippen LogP) is 2.73. The molecule has 14 heavy (non-hydrogen) atoms. The molecule has 0 heterocycles. The summed E-state index contributed by atoms with van der Waals surface area (Å²) in [5.74, 6) is -1.36. The minimum atomic E-state index is -0.655. The molecule has 2 nitrogen and oxygen atoms in total. The van der Waals surface area contributed by atoms with Crippen LogP contribution in [0.3, 0.4) is 0 Å². The molecule has 0 aromatic heterocycles. The number of hydrogen-bond acceptors (Lipinski definition) is 2. The van der Waals surface area contributed by atoms with E-state index in [-0.39, 0.29) is 11.4 Å². The van der Waals surface area contributed by atoms with Gasteiger partial charge in [-0.25, -0.2) is 8.78 Å². The van der Waals surface area contributed by atoms with Gasteiger partial charge in [-0.15, -0.1) is 0 Å². The number of benzene rings is 1. The number of rotatable bonds is 4. The molecule has 0 amide bonds. The maximum Gasteiger partial charge on any atom is 0.167 e. The lowest BCUT2D eigenvalue weighted by Crippen LogP contribution is -2.01. The maximum absolute atomic E-state index is 13.1. The van der Waals surface area contributed by atoms with E-state index in [0.717, 1.165) is 25.0 Å². The average molecular weight is 201 g/mol. The van der Waals surface area contributed by atoms with Crippen LogP contribution < -0.4 is 10.5 Å². The molecule has 0 saturated heterocycles. The highest BCUT2D eigenvalue weighted by molar-refractivity contribution is 5.44. The van der Waals surface area contributed by atoms with E-state index in [1.807, 2.05) is 6.92 Å². The Morgan fingerprint density at radius 1 is 1.29 bits per heavy atom. The number of halogens is 2. The van der Waals surface area contributed by atoms with Crippen molar-refractivity contribution in [2.24, 2.45) is 0 Å². The van der Waals surface area contributed by atoms with Crippen LogP contribution in [0.25, 0.3) is 0 Å². The van der Waals surface area contributed by atoms with Crippen LogP contribution in [0.15, 0.2) is 12.1 Å². The van der Waals surface area contributed by atoms with E-state index in [4.69, 9.17) is 10.5 Å². The van der Waals surface area contributed by atoms with E-state index >= 15 is 0 Å². The van der Waals surface area contributed by atoms with Gasteiger partial charge in [0.2, 0.25) is 0 Å². The fourth-order valence-electron chi connectivity index (χ4n) is 0.981. The zero-order valence-corrected chi connectivity index (χ0v) is 8.02. The molecule has 1 rings (SSSR count). The van der Waals surface area contributed by atoms with E-state index in [1.54, 1.807) is 0 Å². The topological polar surface area (TPSA) is 35.2 Å². The lowest BCUT2D eigenvalue weighted by molar-refractivity contribution is 0.292. The van der Waals surface area contributed by atoms with Crippen LogP contribution in [0.2, 0.25) is 0 Å². The van der Waals surface area contributed by atoms with Gasteiger partial charge in [-0.3, -0.25) is 0 Å². The molecule has 0 saturated carbocycles. The van der Waals surface area contributed by atoms with Crippen LogP contribution in [-0.2, 0) is 0 Å². The third kappa shape index (κ3) is 2.58. The molecular formula is C10H13F2NO. The molecule has 0 aliphatic carbocycles. The summed E-state index contributed by atoms with van der Waals surface area (Å²) >= 11 is 0. The first kappa shape index (κ1) is 10.8. The van der Waals surface area contributed by atoms with Crippen LogP contribution >= 0.6 is 0 Å². The standard InChI is InChI=1S/C10H13F2NO/c1-2-3-4-14-10-6-7(11)9(13)5-8(10)12/h5-6H,2-4,13H2,1H3. The van der Waals surface area contributed by atoms with E-state index < -0.39 is 11.6 Å². The summed E-state index contributed by atoms with van der Waals surface area (Å²) in [6, 6.07) is 1.90. The van der Waals surface area contributed by atoms with Gasteiger partial charge in [-0.1, -0.05) is 13.3 Å². The van der Waals surface area contributed by atoms with Crippen LogP contribution in [-0.4, -0.2) is 6.61 Å². The summed E-state index contributed by atoms with van der Waals surface area (Å²) in [5, 5.41) is 0. The average Bonchev–Trinajstić information content (AvgIpc) is 2.14. The fourth-order valence-corrected chi connectivity index (χ4v) is 0.981. The highest BCUT2D eigenvalue weighted by Crippen LogP contribution is 2.22. The number of nitrogens with two attached hydrogens (primary N) is 1. The molecule has 0 unspecified atom stereocenters. The van der Waals surface area contributed by atoms with Crippen LogP contribution in [0.5, 0.6) is 5.75 Å². The number of anilines is 1. The largest absolute Gasteiger partial charge is 0.490 e. The highest BCUT2D eigenvalue weighted by atomic mass is 19.1. The summed E-state index contributed by atoms with van der Waals surface area (Å²) in [5.41, 5.74) is 4.97. The highest BCUT2D eigenvalue weighted by Gasteiger charge is 2.08. The summed E-state index contributed by atoms with van der Waals surface area (Å²) in [6.45, 7) is 2.38. The molecule has 0 bridgehead atoms. The quantitative estimate of drug-likeness (QED) is 0.600. The van der Waals surface area contributed by atoms with Crippen LogP contribution in [0.4, 0.5) is 14.5 Å². The molecule has 1 aromatic rings. The zero-order valence-electron chi connectivity index (χ0n) is 8.02. The maximum atomic E-state index is 13.1. The van der Waals surface area contributed by atoms with E-state index in [1.165, 1.54) is 0 Å². The second-order valence-corrected chi connectivity index (χ2v) is 3.01.